The monoisotopic (exact) mass is 283 g/mol. The predicted molar refractivity (Wildman–Crippen MR) is 86.2 cm³/mol. The fraction of sp³-hybridized carbons (Fsp3) is 0.278. The van der Waals surface area contributed by atoms with Crippen LogP contribution >= 0.6 is 0 Å². The summed E-state index contributed by atoms with van der Waals surface area (Å²) in [5.41, 5.74) is 3.00. The van der Waals surface area contributed by atoms with Crippen LogP contribution in [0.15, 0.2) is 48.5 Å². The van der Waals surface area contributed by atoms with Gasteiger partial charge in [-0.05, 0) is 56.7 Å². The largest absolute Gasteiger partial charge is 0.494 e. The highest BCUT2D eigenvalue weighted by molar-refractivity contribution is 5.94. The first-order valence-corrected chi connectivity index (χ1v) is 7.19. The Morgan fingerprint density at radius 2 is 1.71 bits per heavy atom. The Morgan fingerprint density at radius 1 is 1.05 bits per heavy atom. The van der Waals surface area contributed by atoms with E-state index in [0.717, 1.165) is 30.0 Å². The molecule has 2 aromatic carbocycles. The third-order valence-electron chi connectivity index (χ3n) is 3.23. The molecular weight excluding hydrogens is 262 g/mol. The van der Waals surface area contributed by atoms with Gasteiger partial charge in [-0.15, -0.1) is 0 Å². The molecule has 0 aliphatic rings. The van der Waals surface area contributed by atoms with E-state index < -0.39 is 0 Å². The molecule has 0 atom stereocenters. The Morgan fingerprint density at radius 3 is 2.33 bits per heavy atom. The van der Waals surface area contributed by atoms with Crippen molar-refractivity contribution in [1.29, 1.82) is 0 Å². The fourth-order valence-electron chi connectivity index (χ4n) is 1.95. The van der Waals surface area contributed by atoms with Crippen molar-refractivity contribution in [2.24, 2.45) is 0 Å². The van der Waals surface area contributed by atoms with E-state index in [1.165, 1.54) is 5.56 Å². The molecule has 0 aromatic heterocycles. The highest BCUT2D eigenvalue weighted by Crippen LogP contribution is 2.12. The maximum absolute atomic E-state index is 11.2. The lowest BCUT2D eigenvalue weighted by Gasteiger charge is -2.08. The number of hydrogen-bond acceptors (Lipinski definition) is 3. The summed E-state index contributed by atoms with van der Waals surface area (Å²) in [4.78, 5) is 11.2. The number of carbonyl (C=O) groups is 1. The van der Waals surface area contributed by atoms with E-state index in [1.807, 2.05) is 48.5 Å². The average molecular weight is 283 g/mol. The van der Waals surface area contributed by atoms with Crippen molar-refractivity contribution in [1.82, 2.24) is 0 Å². The molecule has 110 valence electrons. The number of aryl methyl sites for hydroxylation is 1. The summed E-state index contributed by atoms with van der Waals surface area (Å²) in [5, 5.41) is 3.31. The lowest BCUT2D eigenvalue weighted by atomic mass is 10.1. The van der Waals surface area contributed by atoms with Crippen LogP contribution in [-0.4, -0.2) is 18.9 Å². The number of Topliss-reactive ketones (excluding diaryl/α,β-unsaturated/α-hetero) is 1. The van der Waals surface area contributed by atoms with E-state index >= 15 is 0 Å². The Balaban J connectivity index is 1.67. The summed E-state index contributed by atoms with van der Waals surface area (Å²) in [6, 6.07) is 15.6. The van der Waals surface area contributed by atoms with Gasteiger partial charge in [0, 0.05) is 17.8 Å². The van der Waals surface area contributed by atoms with Crippen molar-refractivity contribution in [3.05, 3.63) is 59.7 Å². The van der Waals surface area contributed by atoms with Crippen LogP contribution in [-0.2, 0) is 0 Å². The van der Waals surface area contributed by atoms with Crippen LogP contribution in [0, 0.1) is 6.92 Å². The second-order valence-electron chi connectivity index (χ2n) is 5.08. The molecule has 3 heteroatoms. The SMILES string of the molecule is CC(=O)c1ccc(NCCCOc2ccc(C)cc2)cc1. The number of nitrogens with one attached hydrogen (secondary N) is 1. The van der Waals surface area contributed by atoms with E-state index in [0.29, 0.717) is 6.61 Å². The van der Waals surface area contributed by atoms with E-state index in [-0.39, 0.29) is 5.78 Å². The molecule has 0 spiro atoms. The molecule has 1 N–H and O–H groups in total. The molecule has 2 rings (SSSR count). The van der Waals surface area contributed by atoms with Gasteiger partial charge in [-0.25, -0.2) is 0 Å². The topological polar surface area (TPSA) is 38.3 Å². The maximum atomic E-state index is 11.2. The molecule has 0 aliphatic heterocycles. The second kappa shape index (κ2) is 7.48. The minimum atomic E-state index is 0.0908. The lowest BCUT2D eigenvalue weighted by molar-refractivity contribution is 0.101. The van der Waals surface area contributed by atoms with Crippen LogP contribution in [0.2, 0.25) is 0 Å². The van der Waals surface area contributed by atoms with Crippen LogP contribution < -0.4 is 10.1 Å². The molecule has 0 heterocycles. The van der Waals surface area contributed by atoms with E-state index in [4.69, 9.17) is 4.74 Å². The van der Waals surface area contributed by atoms with Crippen LogP contribution in [0.1, 0.15) is 29.3 Å². The molecular formula is C18H21NO2. The molecule has 0 fully saturated rings. The molecule has 0 aliphatic carbocycles. The number of anilines is 1. The van der Waals surface area contributed by atoms with Crippen LogP contribution in [0.25, 0.3) is 0 Å². The van der Waals surface area contributed by atoms with Crippen molar-refractivity contribution >= 4 is 11.5 Å². The smallest absolute Gasteiger partial charge is 0.159 e. The van der Waals surface area contributed by atoms with Gasteiger partial charge in [0.05, 0.1) is 6.61 Å². The van der Waals surface area contributed by atoms with Crippen LogP contribution in [0.5, 0.6) is 5.75 Å². The first-order valence-electron chi connectivity index (χ1n) is 7.19. The second-order valence-corrected chi connectivity index (χ2v) is 5.08. The maximum Gasteiger partial charge on any atom is 0.159 e. The van der Waals surface area contributed by atoms with Gasteiger partial charge in [-0.2, -0.15) is 0 Å². The van der Waals surface area contributed by atoms with Gasteiger partial charge in [0.2, 0.25) is 0 Å². The summed E-state index contributed by atoms with van der Waals surface area (Å²) < 4.78 is 5.66. The van der Waals surface area contributed by atoms with E-state index in [1.54, 1.807) is 6.92 Å². The first-order chi connectivity index (χ1) is 10.1. The highest BCUT2D eigenvalue weighted by Gasteiger charge is 1.98. The van der Waals surface area contributed by atoms with Crippen molar-refractivity contribution in [3.63, 3.8) is 0 Å². The number of hydrogen-bond donors (Lipinski definition) is 1. The summed E-state index contributed by atoms with van der Waals surface area (Å²) in [5.74, 6) is 0.999. The summed E-state index contributed by atoms with van der Waals surface area (Å²) in [7, 11) is 0. The third kappa shape index (κ3) is 4.95. The molecule has 0 unspecified atom stereocenters. The molecule has 0 saturated heterocycles. The third-order valence-corrected chi connectivity index (χ3v) is 3.23. The standard InChI is InChI=1S/C18H21NO2/c1-14-4-10-18(11-5-14)21-13-3-12-19-17-8-6-16(7-9-17)15(2)20/h4-11,19H,3,12-13H2,1-2H3. The highest BCUT2D eigenvalue weighted by atomic mass is 16.5. The molecule has 0 saturated carbocycles. The Hall–Kier alpha value is -2.29. The zero-order chi connectivity index (χ0) is 15.1. The minimum absolute atomic E-state index is 0.0908. The zero-order valence-electron chi connectivity index (χ0n) is 12.6. The molecule has 0 amide bonds. The molecule has 0 radical (unpaired) electrons. The average Bonchev–Trinajstić information content (AvgIpc) is 2.49. The normalized spacial score (nSPS) is 10.2. The van der Waals surface area contributed by atoms with Crippen molar-refractivity contribution in [2.45, 2.75) is 20.3 Å². The van der Waals surface area contributed by atoms with Gasteiger partial charge in [-0.3, -0.25) is 4.79 Å². The van der Waals surface area contributed by atoms with Crippen molar-refractivity contribution < 1.29 is 9.53 Å². The zero-order valence-corrected chi connectivity index (χ0v) is 12.6. The van der Waals surface area contributed by atoms with Gasteiger partial charge in [-0.1, -0.05) is 17.7 Å². The van der Waals surface area contributed by atoms with Gasteiger partial charge in [0.15, 0.2) is 5.78 Å². The van der Waals surface area contributed by atoms with Crippen molar-refractivity contribution in [2.75, 3.05) is 18.5 Å². The predicted octanol–water partition coefficient (Wildman–Crippen LogP) is 4.08. The number of carbonyl (C=O) groups excluding carboxylic acids is 1. The van der Waals surface area contributed by atoms with Gasteiger partial charge in [0.1, 0.15) is 5.75 Å². The molecule has 0 bridgehead atoms. The first kappa shape index (κ1) is 15.1. The fourth-order valence-corrected chi connectivity index (χ4v) is 1.95. The number of ketones is 1. The summed E-state index contributed by atoms with van der Waals surface area (Å²) in [6.45, 7) is 5.16. The van der Waals surface area contributed by atoms with E-state index in [9.17, 15) is 4.79 Å². The van der Waals surface area contributed by atoms with Crippen LogP contribution in [0.3, 0.4) is 0 Å². The molecule has 3 nitrogen and oxygen atoms in total. The lowest BCUT2D eigenvalue weighted by Crippen LogP contribution is -2.07. The quantitative estimate of drug-likeness (QED) is 0.614. The summed E-state index contributed by atoms with van der Waals surface area (Å²) in [6.07, 6.45) is 0.919. The van der Waals surface area contributed by atoms with Gasteiger partial charge >= 0.3 is 0 Å². The van der Waals surface area contributed by atoms with Gasteiger partial charge < -0.3 is 10.1 Å². The molecule has 21 heavy (non-hydrogen) atoms. The number of ether oxygens (including phenoxy) is 1. The number of rotatable bonds is 7. The van der Waals surface area contributed by atoms with Crippen molar-refractivity contribution in [3.8, 4) is 5.75 Å². The van der Waals surface area contributed by atoms with Gasteiger partial charge in [0.25, 0.3) is 0 Å². The van der Waals surface area contributed by atoms with E-state index in [2.05, 4.69) is 12.2 Å². The Labute approximate surface area is 126 Å². The number of benzene rings is 2. The minimum Gasteiger partial charge on any atom is -0.494 e. The van der Waals surface area contributed by atoms with Crippen LogP contribution in [0.4, 0.5) is 5.69 Å². The summed E-state index contributed by atoms with van der Waals surface area (Å²) >= 11 is 0. The Kier molecular flexibility index (Phi) is 5.38. The Bertz CT molecular complexity index is 573. The molecule has 2 aromatic rings.